The van der Waals surface area contributed by atoms with Crippen LogP contribution in [0.1, 0.15) is 29.5 Å². The van der Waals surface area contributed by atoms with Crippen LogP contribution in [0, 0.1) is 0 Å². The molecular formula is C46H31N3O+2. The molecule has 4 nitrogen and oxygen atoms in total. The van der Waals surface area contributed by atoms with E-state index in [-0.39, 0.29) is 12.0 Å². The molecule has 2 aliphatic rings. The number of aryl methyl sites for hydroxylation is 1. The lowest BCUT2D eigenvalue weighted by atomic mass is 9.78. The van der Waals surface area contributed by atoms with Gasteiger partial charge in [-0.25, -0.2) is 0 Å². The van der Waals surface area contributed by atoms with Gasteiger partial charge in [-0.2, -0.15) is 9.13 Å². The number of furan rings is 1. The van der Waals surface area contributed by atoms with Crippen molar-refractivity contribution in [3.63, 3.8) is 0 Å². The average Bonchev–Trinajstić information content (AvgIpc) is 3.82. The third kappa shape index (κ3) is 3.31. The summed E-state index contributed by atoms with van der Waals surface area (Å²) in [5, 5.41) is 7.38. The van der Waals surface area contributed by atoms with E-state index in [0.717, 1.165) is 40.5 Å². The zero-order valence-electron chi connectivity index (χ0n) is 27.3. The smallest absolute Gasteiger partial charge is 0.249 e. The quantitative estimate of drug-likeness (QED) is 0.151. The fraction of sp³-hybridized carbons (Fsp3) is 0.0870. The molecular weight excluding hydrogens is 611 g/mol. The number of hydrogen-bond acceptors (Lipinski definition) is 1. The first kappa shape index (κ1) is 26.7. The van der Waals surface area contributed by atoms with Crippen LogP contribution in [0.3, 0.4) is 0 Å². The predicted octanol–water partition coefficient (Wildman–Crippen LogP) is 10.4. The van der Waals surface area contributed by atoms with Crippen LogP contribution in [0.25, 0.3) is 88.2 Å². The van der Waals surface area contributed by atoms with Crippen LogP contribution in [0.5, 0.6) is 0 Å². The lowest BCUT2D eigenvalue weighted by Gasteiger charge is -2.29. The maximum atomic E-state index is 6.36. The number of para-hydroxylation sites is 2. The van der Waals surface area contributed by atoms with Gasteiger partial charge < -0.3 is 8.82 Å². The molecule has 2 aliphatic heterocycles. The van der Waals surface area contributed by atoms with E-state index in [2.05, 4.69) is 147 Å². The molecule has 0 amide bonds. The summed E-state index contributed by atoms with van der Waals surface area (Å²) in [5.41, 5.74) is 14.6. The first-order valence-electron chi connectivity index (χ1n) is 17.6. The Morgan fingerprint density at radius 2 is 1.34 bits per heavy atom. The van der Waals surface area contributed by atoms with E-state index in [1.165, 1.54) is 71.7 Å². The number of nitrogens with zero attached hydrogens (tertiary/aromatic N) is 3. The second-order valence-electron chi connectivity index (χ2n) is 14.1. The molecule has 4 heteroatoms. The molecule has 234 valence electrons. The lowest BCUT2D eigenvalue weighted by Crippen LogP contribution is -2.53. The Morgan fingerprint density at radius 1 is 0.600 bits per heavy atom. The second kappa shape index (κ2) is 9.46. The summed E-state index contributed by atoms with van der Waals surface area (Å²) in [6.45, 7) is 4.86. The van der Waals surface area contributed by atoms with Gasteiger partial charge in [0.2, 0.25) is 23.1 Å². The minimum absolute atomic E-state index is 0.0920. The Balaban J connectivity index is 1.16. The van der Waals surface area contributed by atoms with E-state index in [0.29, 0.717) is 0 Å². The van der Waals surface area contributed by atoms with Crippen molar-refractivity contribution in [3.8, 4) is 22.5 Å². The van der Waals surface area contributed by atoms with E-state index < -0.39 is 0 Å². The number of fused-ring (bicyclic) bond motifs is 18. The van der Waals surface area contributed by atoms with Gasteiger partial charge >= 0.3 is 0 Å². The normalized spacial score (nSPS) is 17.1. The van der Waals surface area contributed by atoms with E-state index in [4.69, 9.17) is 11.0 Å². The first-order valence-corrected chi connectivity index (χ1v) is 17.6. The van der Waals surface area contributed by atoms with Gasteiger partial charge in [-0.3, -0.25) is 0 Å². The number of aromatic nitrogens is 3. The topological polar surface area (TPSA) is 25.3 Å². The molecule has 10 aromatic rings. The molecule has 0 aliphatic carbocycles. The monoisotopic (exact) mass is 641 g/mol. The number of allylic oxidation sites excluding steroid dienone is 1. The molecule has 50 heavy (non-hydrogen) atoms. The van der Waals surface area contributed by atoms with Crippen molar-refractivity contribution in [2.75, 3.05) is 0 Å². The Morgan fingerprint density at radius 3 is 2.26 bits per heavy atom. The van der Waals surface area contributed by atoms with Crippen LogP contribution >= 0.6 is 0 Å². The third-order valence-electron chi connectivity index (χ3n) is 11.8. The minimum Gasteiger partial charge on any atom is -0.456 e. The number of hydrogen-bond donors (Lipinski definition) is 0. The summed E-state index contributed by atoms with van der Waals surface area (Å²) in [7, 11) is 0. The first-order chi connectivity index (χ1) is 24.7. The van der Waals surface area contributed by atoms with Gasteiger partial charge in [0, 0.05) is 62.1 Å². The molecule has 0 N–H and O–H groups in total. The minimum atomic E-state index is 0.0920. The van der Waals surface area contributed by atoms with Crippen molar-refractivity contribution in [2.45, 2.75) is 24.8 Å². The predicted molar refractivity (Wildman–Crippen MR) is 202 cm³/mol. The largest absolute Gasteiger partial charge is 0.456 e. The molecule has 5 aromatic carbocycles. The molecule has 2 unspecified atom stereocenters. The van der Waals surface area contributed by atoms with Crippen molar-refractivity contribution < 1.29 is 13.6 Å². The van der Waals surface area contributed by atoms with E-state index >= 15 is 0 Å². The summed E-state index contributed by atoms with van der Waals surface area (Å²) in [6, 6.07) is 46.9. The summed E-state index contributed by atoms with van der Waals surface area (Å²) in [6.07, 6.45) is 6.42. The number of benzene rings is 5. The van der Waals surface area contributed by atoms with Crippen LogP contribution < -0.4 is 9.13 Å². The highest BCUT2D eigenvalue weighted by atomic mass is 16.3. The highest BCUT2D eigenvalue weighted by Gasteiger charge is 2.46. The van der Waals surface area contributed by atoms with Crippen LogP contribution in [-0.4, -0.2) is 4.40 Å². The molecule has 2 atom stereocenters. The van der Waals surface area contributed by atoms with Crippen LogP contribution in [-0.2, 0) is 6.42 Å². The average molecular weight is 642 g/mol. The second-order valence-corrected chi connectivity index (χ2v) is 14.1. The van der Waals surface area contributed by atoms with Crippen molar-refractivity contribution in [2.24, 2.45) is 0 Å². The summed E-state index contributed by atoms with van der Waals surface area (Å²) >= 11 is 0. The van der Waals surface area contributed by atoms with Gasteiger partial charge in [-0.05, 0) is 79.1 Å². The van der Waals surface area contributed by atoms with E-state index in [1.807, 2.05) is 6.07 Å². The highest BCUT2D eigenvalue weighted by molar-refractivity contribution is 6.25. The van der Waals surface area contributed by atoms with Crippen molar-refractivity contribution in [1.29, 1.82) is 0 Å². The molecule has 5 aromatic heterocycles. The van der Waals surface area contributed by atoms with Crippen molar-refractivity contribution >= 4 is 65.7 Å². The molecule has 0 saturated carbocycles. The Hall–Kier alpha value is -6.26. The summed E-state index contributed by atoms with van der Waals surface area (Å²) < 4.78 is 13.7. The van der Waals surface area contributed by atoms with Crippen LogP contribution in [0.4, 0.5) is 0 Å². The zero-order chi connectivity index (χ0) is 32.7. The SMILES string of the molecule is C=C1C2C(CCc3cc4c(cc3-c3cccc[n+]31)c1cccc3c5cc6oc7ccccc7c6cc5n4c13)c1ccccc1-c1cccc[n+]12. The van der Waals surface area contributed by atoms with E-state index in [9.17, 15) is 0 Å². The van der Waals surface area contributed by atoms with E-state index in [1.54, 1.807) is 0 Å². The molecule has 7 heterocycles. The fourth-order valence-electron chi connectivity index (χ4n) is 9.65. The maximum Gasteiger partial charge on any atom is 0.249 e. The van der Waals surface area contributed by atoms with Gasteiger partial charge in [0.05, 0.1) is 28.0 Å². The lowest BCUT2D eigenvalue weighted by molar-refractivity contribution is -0.727. The van der Waals surface area contributed by atoms with Gasteiger partial charge in [0.15, 0.2) is 12.4 Å². The molecule has 0 bridgehead atoms. The number of pyridine rings is 2. The number of rotatable bonds is 0. The molecule has 0 fully saturated rings. The summed E-state index contributed by atoms with van der Waals surface area (Å²) in [4.78, 5) is 0. The Labute approximate surface area is 287 Å². The Bertz CT molecular complexity index is 3090. The van der Waals surface area contributed by atoms with Gasteiger partial charge in [0.25, 0.3) is 0 Å². The van der Waals surface area contributed by atoms with Crippen LogP contribution in [0.15, 0.2) is 151 Å². The zero-order valence-corrected chi connectivity index (χ0v) is 27.3. The molecule has 0 radical (unpaired) electrons. The highest BCUT2D eigenvalue weighted by Crippen LogP contribution is 2.47. The Kier molecular flexibility index (Phi) is 5.04. The van der Waals surface area contributed by atoms with Crippen molar-refractivity contribution in [1.82, 2.24) is 4.40 Å². The standard InChI is InChI=1S/C46H31N3O/c1-27-45-34(29-11-2-3-12-30(29)39-16-7-9-22-48(39)45)20-19-28-23-41-36(24-35(28)40-17-6-8-21-47(27)40)32-14-10-15-33-37-26-44-38(25-42(37)49(41)46(32)33)31-13-4-5-18-43(31)50-44/h2-18,21-26,34,45H,1,19-20H2/q+2. The molecule has 0 spiro atoms. The molecule has 12 rings (SSSR count). The van der Waals surface area contributed by atoms with Gasteiger partial charge in [-0.1, -0.05) is 54.6 Å². The van der Waals surface area contributed by atoms with Gasteiger partial charge in [-0.15, -0.1) is 0 Å². The van der Waals surface area contributed by atoms with Gasteiger partial charge in [0.1, 0.15) is 11.2 Å². The van der Waals surface area contributed by atoms with Crippen LogP contribution in [0.2, 0.25) is 0 Å². The maximum absolute atomic E-state index is 6.36. The molecule has 0 saturated heterocycles. The summed E-state index contributed by atoms with van der Waals surface area (Å²) in [5.74, 6) is 0.275. The fourth-order valence-corrected chi connectivity index (χ4v) is 9.65. The third-order valence-corrected chi connectivity index (χ3v) is 11.8. The van der Waals surface area contributed by atoms with Crippen molar-refractivity contribution in [3.05, 3.63) is 157 Å².